The number of hydrogen-bond acceptors (Lipinski definition) is 2. The van der Waals surface area contributed by atoms with Crippen molar-refractivity contribution >= 4 is 17.0 Å². The van der Waals surface area contributed by atoms with Gasteiger partial charge in [-0.05, 0) is 81.5 Å². The normalized spacial score (nSPS) is 29.1. The van der Waals surface area contributed by atoms with Gasteiger partial charge >= 0.3 is 0 Å². The number of fused-ring (bicyclic) bond motifs is 4. The molecule has 3 aliphatic carbocycles. The summed E-state index contributed by atoms with van der Waals surface area (Å²) in [5, 5.41) is 11.5. The van der Waals surface area contributed by atoms with Gasteiger partial charge in [0.15, 0.2) is 0 Å². The van der Waals surface area contributed by atoms with Gasteiger partial charge in [0.2, 0.25) is 0 Å². The van der Waals surface area contributed by atoms with E-state index in [1.807, 2.05) is 26.0 Å². The van der Waals surface area contributed by atoms with Gasteiger partial charge in [-0.1, -0.05) is 18.7 Å². The predicted octanol–water partition coefficient (Wildman–Crippen LogP) is 5.38. The Morgan fingerprint density at radius 1 is 1.12 bits per heavy atom. The van der Waals surface area contributed by atoms with E-state index in [9.17, 15) is 9.50 Å². The molecule has 3 saturated carbocycles. The van der Waals surface area contributed by atoms with Gasteiger partial charge in [0.1, 0.15) is 11.3 Å². The Balaban J connectivity index is 1.72. The summed E-state index contributed by atoms with van der Waals surface area (Å²) in [7, 11) is 0. The molecule has 1 N–H and O–H groups in total. The number of hydrogen-bond donors (Lipinski definition) is 1. The third-order valence-corrected chi connectivity index (χ3v) is 7.09. The molecule has 0 saturated heterocycles. The summed E-state index contributed by atoms with van der Waals surface area (Å²) < 4.78 is 14.5. The summed E-state index contributed by atoms with van der Waals surface area (Å²) in [6, 6.07) is 7.51. The topological polar surface area (TPSA) is 33.1 Å². The van der Waals surface area contributed by atoms with E-state index in [1.54, 1.807) is 6.08 Å². The van der Waals surface area contributed by atoms with E-state index in [0.717, 1.165) is 55.2 Å². The minimum absolute atomic E-state index is 0.0374. The van der Waals surface area contributed by atoms with Crippen molar-refractivity contribution in [3.05, 3.63) is 47.9 Å². The molecule has 1 heterocycles. The first kappa shape index (κ1) is 16.7. The quantitative estimate of drug-likeness (QED) is 0.814. The highest BCUT2D eigenvalue weighted by Crippen LogP contribution is 2.61. The molecule has 5 rings (SSSR count). The number of halogens is 1. The monoisotopic (exact) mass is 339 g/mol. The molecule has 25 heavy (non-hydrogen) atoms. The van der Waals surface area contributed by atoms with Gasteiger partial charge in [0.25, 0.3) is 0 Å². The lowest BCUT2D eigenvalue weighted by molar-refractivity contribution is -0.120. The average Bonchev–Trinajstić information content (AvgIpc) is 2.62. The Bertz CT molecular complexity index is 824. The van der Waals surface area contributed by atoms with Crippen molar-refractivity contribution in [3.63, 3.8) is 0 Å². The van der Waals surface area contributed by atoms with Crippen LogP contribution in [0.25, 0.3) is 17.0 Å². The minimum atomic E-state index is -0.635. The van der Waals surface area contributed by atoms with E-state index < -0.39 is 5.60 Å². The summed E-state index contributed by atoms with van der Waals surface area (Å²) >= 11 is 0. The lowest BCUT2D eigenvalue weighted by atomic mass is 9.49. The fourth-order valence-electron chi connectivity index (χ4n) is 5.11. The van der Waals surface area contributed by atoms with Crippen LogP contribution in [0.1, 0.15) is 63.6 Å². The Hall–Kier alpha value is -1.74. The van der Waals surface area contributed by atoms with Gasteiger partial charge in [-0.2, -0.15) is 0 Å². The molecule has 0 spiro atoms. The Morgan fingerprint density at radius 2 is 1.76 bits per heavy atom. The average molecular weight is 339 g/mol. The highest BCUT2D eigenvalue weighted by Gasteiger charge is 2.55. The lowest BCUT2D eigenvalue weighted by Gasteiger charge is -2.57. The zero-order chi connectivity index (χ0) is 17.9. The van der Waals surface area contributed by atoms with Crippen molar-refractivity contribution in [3.8, 4) is 0 Å². The fraction of sp³-hybridized carbons (Fsp3) is 0.500. The van der Waals surface area contributed by atoms with Crippen LogP contribution < -0.4 is 0 Å². The predicted molar refractivity (Wildman–Crippen MR) is 99.9 cm³/mol. The Morgan fingerprint density at radius 3 is 2.32 bits per heavy atom. The van der Waals surface area contributed by atoms with E-state index in [-0.39, 0.29) is 16.6 Å². The van der Waals surface area contributed by atoms with E-state index >= 15 is 0 Å². The summed E-state index contributed by atoms with van der Waals surface area (Å²) in [4.78, 5) is 4.75. The number of nitrogens with zero attached hydrogens (tertiary/aromatic N) is 1. The summed E-state index contributed by atoms with van der Waals surface area (Å²) in [5.74, 6) is -0.275. The zero-order valence-corrected chi connectivity index (χ0v) is 15.1. The Kier molecular flexibility index (Phi) is 3.59. The maximum absolute atomic E-state index is 14.5. The first-order chi connectivity index (χ1) is 11.8. The largest absolute Gasteiger partial charge is 0.390 e. The van der Waals surface area contributed by atoms with Crippen LogP contribution in [-0.4, -0.2) is 15.7 Å². The van der Waals surface area contributed by atoms with E-state index in [4.69, 9.17) is 4.98 Å². The number of pyridine rings is 1. The molecule has 0 unspecified atom stereocenters. The molecule has 0 amide bonds. The van der Waals surface area contributed by atoms with Crippen LogP contribution in [0, 0.1) is 11.2 Å². The first-order valence-electron chi connectivity index (χ1n) is 9.24. The van der Waals surface area contributed by atoms with Crippen LogP contribution in [0.2, 0.25) is 0 Å². The molecule has 132 valence electrons. The second-order valence-electron chi connectivity index (χ2n) is 8.59. The minimum Gasteiger partial charge on any atom is -0.390 e. The zero-order valence-electron chi connectivity index (χ0n) is 15.1. The third kappa shape index (κ3) is 2.43. The van der Waals surface area contributed by atoms with Crippen molar-refractivity contribution in [1.29, 1.82) is 0 Å². The summed E-state index contributed by atoms with van der Waals surface area (Å²) in [6.45, 7) is 7.62. The van der Waals surface area contributed by atoms with Crippen LogP contribution >= 0.6 is 0 Å². The maximum atomic E-state index is 14.5. The summed E-state index contributed by atoms with van der Waals surface area (Å²) in [5.41, 5.74) is 1.71. The van der Waals surface area contributed by atoms with Crippen molar-refractivity contribution in [2.24, 2.45) is 5.41 Å². The molecule has 0 radical (unpaired) electrons. The molecule has 1 aromatic carbocycles. The summed E-state index contributed by atoms with van der Waals surface area (Å²) in [6.07, 6.45) is 7.81. The van der Waals surface area contributed by atoms with Crippen molar-refractivity contribution in [1.82, 2.24) is 4.98 Å². The van der Waals surface area contributed by atoms with Crippen molar-refractivity contribution in [2.45, 2.75) is 63.4 Å². The van der Waals surface area contributed by atoms with Crippen molar-refractivity contribution < 1.29 is 9.50 Å². The van der Waals surface area contributed by atoms with E-state index in [0.29, 0.717) is 5.52 Å². The molecule has 2 nitrogen and oxygen atoms in total. The molecule has 2 bridgehead atoms. The second kappa shape index (κ2) is 5.38. The second-order valence-corrected chi connectivity index (χ2v) is 8.59. The standard InChI is InChI=1S/C22H26FNO/c1-4-15-13-16-5-6-18(24-19(16)17(23)14-15)21-7-10-22(11-8-21,12-9-21)20(2,3)25/h4-6,13-14,25H,1,7-12H2,2-3H3. The number of aromatic nitrogens is 1. The molecule has 3 heteroatoms. The maximum Gasteiger partial charge on any atom is 0.150 e. The first-order valence-corrected chi connectivity index (χ1v) is 9.24. The number of benzene rings is 1. The van der Waals surface area contributed by atoms with E-state index in [1.165, 1.54) is 6.07 Å². The molecule has 0 aliphatic heterocycles. The molecule has 0 atom stereocenters. The molecule has 2 aromatic rings. The van der Waals surface area contributed by atoms with Gasteiger partial charge in [0, 0.05) is 16.5 Å². The van der Waals surface area contributed by atoms with E-state index in [2.05, 4.69) is 12.6 Å². The molecule has 3 aliphatic rings. The number of rotatable bonds is 3. The van der Waals surface area contributed by atoms with Crippen LogP contribution in [0.5, 0.6) is 0 Å². The lowest BCUT2D eigenvalue weighted by Crippen LogP contribution is -2.54. The highest BCUT2D eigenvalue weighted by atomic mass is 19.1. The molecule has 1 aromatic heterocycles. The fourth-order valence-corrected chi connectivity index (χ4v) is 5.11. The van der Waals surface area contributed by atoms with Gasteiger partial charge in [-0.15, -0.1) is 0 Å². The van der Waals surface area contributed by atoms with Crippen LogP contribution in [0.4, 0.5) is 4.39 Å². The smallest absolute Gasteiger partial charge is 0.150 e. The highest BCUT2D eigenvalue weighted by molar-refractivity contribution is 5.82. The van der Waals surface area contributed by atoms with Crippen molar-refractivity contribution in [2.75, 3.05) is 0 Å². The number of aliphatic hydroxyl groups is 1. The van der Waals surface area contributed by atoms with Gasteiger partial charge in [-0.25, -0.2) is 9.37 Å². The molecular formula is C22H26FNO. The van der Waals surface area contributed by atoms with Crippen LogP contribution in [0.15, 0.2) is 30.8 Å². The van der Waals surface area contributed by atoms with Crippen LogP contribution in [0.3, 0.4) is 0 Å². The van der Waals surface area contributed by atoms with Crippen LogP contribution in [-0.2, 0) is 5.41 Å². The third-order valence-electron chi connectivity index (χ3n) is 7.09. The Labute approximate surface area is 148 Å². The van der Waals surface area contributed by atoms with Gasteiger partial charge < -0.3 is 5.11 Å². The SMILES string of the molecule is C=Cc1cc(F)c2nc(C34CCC(C(C)(C)O)(CC3)CC4)ccc2c1. The van der Waals surface area contributed by atoms with Gasteiger partial charge in [0.05, 0.1) is 5.60 Å². The molecular weight excluding hydrogens is 313 g/mol. The van der Waals surface area contributed by atoms with Gasteiger partial charge in [-0.3, -0.25) is 0 Å². The molecule has 3 fully saturated rings.